The lowest BCUT2D eigenvalue weighted by molar-refractivity contribution is 0.193. The average Bonchev–Trinajstić information content (AvgIpc) is 2.92. The zero-order valence-electron chi connectivity index (χ0n) is 12.1. The van der Waals surface area contributed by atoms with Crippen molar-refractivity contribution in [3.8, 4) is 0 Å². The van der Waals surface area contributed by atoms with Gasteiger partial charge in [0.2, 0.25) is 0 Å². The van der Waals surface area contributed by atoms with Gasteiger partial charge < -0.3 is 15.1 Å². The molecule has 0 bridgehead atoms. The number of nitrogens with one attached hydrogen (secondary N) is 2. The maximum atomic E-state index is 5.54. The summed E-state index contributed by atoms with van der Waals surface area (Å²) in [7, 11) is 3.62. The van der Waals surface area contributed by atoms with Crippen LogP contribution in [0.1, 0.15) is 25.6 Å². The first kappa shape index (κ1) is 18.2. The first-order valence-electron chi connectivity index (χ1n) is 6.42. The number of halogens is 1. The van der Waals surface area contributed by atoms with Crippen LogP contribution in [0.4, 0.5) is 0 Å². The highest BCUT2D eigenvalue weighted by atomic mass is 127. The molecule has 1 aromatic heterocycles. The third-order valence-electron chi connectivity index (χ3n) is 3.05. The van der Waals surface area contributed by atoms with Gasteiger partial charge in [0, 0.05) is 20.6 Å². The Balaban J connectivity index is 0.00000324. The molecule has 1 aromatic rings. The van der Waals surface area contributed by atoms with Crippen molar-refractivity contribution in [2.45, 2.75) is 19.9 Å². The molecular formula is C13H25IN4O. The van der Waals surface area contributed by atoms with Crippen molar-refractivity contribution in [1.29, 1.82) is 0 Å². The molecule has 0 spiro atoms. The number of likely N-dealkylation sites (N-methyl/N-ethyl adjacent to an activating group) is 1. The molecule has 1 heterocycles. The molecule has 0 amide bonds. The molecular weight excluding hydrogens is 355 g/mol. The van der Waals surface area contributed by atoms with Gasteiger partial charge >= 0.3 is 0 Å². The van der Waals surface area contributed by atoms with Gasteiger partial charge in [-0.05, 0) is 25.2 Å². The van der Waals surface area contributed by atoms with Gasteiger partial charge in [-0.25, -0.2) is 0 Å². The number of hydrogen-bond donors (Lipinski definition) is 2. The molecule has 0 saturated heterocycles. The fourth-order valence-electron chi connectivity index (χ4n) is 2.03. The second-order valence-electron chi connectivity index (χ2n) is 3.96. The van der Waals surface area contributed by atoms with Gasteiger partial charge in [-0.1, -0.05) is 13.8 Å². The number of nitrogens with zero attached hydrogens (tertiary/aromatic N) is 2. The van der Waals surface area contributed by atoms with Crippen LogP contribution >= 0.6 is 24.0 Å². The van der Waals surface area contributed by atoms with E-state index in [4.69, 9.17) is 4.42 Å². The Morgan fingerprint density at radius 3 is 2.53 bits per heavy atom. The molecule has 19 heavy (non-hydrogen) atoms. The molecule has 0 aliphatic heterocycles. The summed E-state index contributed by atoms with van der Waals surface area (Å²) in [5, 5.41) is 6.31. The number of hydrogen-bond acceptors (Lipinski definition) is 3. The summed E-state index contributed by atoms with van der Waals surface area (Å²) in [6.45, 7) is 7.06. The SMILES string of the molecule is CCN(CC)C(CNC(=NC)NC)c1ccco1.I. The minimum atomic E-state index is 0. The summed E-state index contributed by atoms with van der Waals surface area (Å²) in [4.78, 5) is 6.47. The predicted molar refractivity (Wildman–Crippen MR) is 90.2 cm³/mol. The van der Waals surface area contributed by atoms with Gasteiger partial charge in [-0.3, -0.25) is 9.89 Å². The highest BCUT2D eigenvalue weighted by molar-refractivity contribution is 14.0. The van der Waals surface area contributed by atoms with Crippen molar-refractivity contribution < 1.29 is 4.42 Å². The van der Waals surface area contributed by atoms with E-state index >= 15 is 0 Å². The molecule has 0 radical (unpaired) electrons. The lowest BCUT2D eigenvalue weighted by Gasteiger charge is -2.28. The molecule has 1 atom stereocenters. The number of rotatable bonds is 6. The van der Waals surface area contributed by atoms with Crippen molar-refractivity contribution in [2.75, 3.05) is 33.7 Å². The number of guanidine groups is 1. The Bertz CT molecular complexity index is 350. The molecule has 0 aromatic carbocycles. The second kappa shape index (κ2) is 10.1. The summed E-state index contributed by atoms with van der Waals surface area (Å²) in [5.74, 6) is 1.77. The quantitative estimate of drug-likeness (QED) is 0.451. The van der Waals surface area contributed by atoms with Gasteiger partial charge in [0.25, 0.3) is 0 Å². The van der Waals surface area contributed by atoms with E-state index in [-0.39, 0.29) is 30.0 Å². The van der Waals surface area contributed by atoms with Crippen molar-refractivity contribution >= 4 is 29.9 Å². The fraction of sp³-hybridized carbons (Fsp3) is 0.615. The molecule has 0 aliphatic carbocycles. The lowest BCUT2D eigenvalue weighted by Crippen LogP contribution is -2.41. The second-order valence-corrected chi connectivity index (χ2v) is 3.96. The van der Waals surface area contributed by atoms with Gasteiger partial charge in [0.1, 0.15) is 5.76 Å². The Hall–Kier alpha value is -0.760. The Kier molecular flexibility index (Phi) is 9.68. The van der Waals surface area contributed by atoms with Crippen LogP contribution in [0.3, 0.4) is 0 Å². The van der Waals surface area contributed by atoms with Crippen LogP contribution < -0.4 is 10.6 Å². The van der Waals surface area contributed by atoms with E-state index in [1.807, 2.05) is 19.2 Å². The Morgan fingerprint density at radius 1 is 1.42 bits per heavy atom. The van der Waals surface area contributed by atoms with Gasteiger partial charge in [-0.15, -0.1) is 24.0 Å². The van der Waals surface area contributed by atoms with Gasteiger partial charge in [0.15, 0.2) is 5.96 Å². The first-order valence-corrected chi connectivity index (χ1v) is 6.42. The maximum Gasteiger partial charge on any atom is 0.190 e. The maximum absolute atomic E-state index is 5.54. The zero-order valence-corrected chi connectivity index (χ0v) is 14.5. The molecule has 1 rings (SSSR count). The molecule has 110 valence electrons. The summed E-state index contributed by atoms with van der Waals surface area (Å²) >= 11 is 0. The standard InChI is InChI=1S/C13H24N4O.HI/c1-5-17(6-2)11(12-8-7-9-18-12)10-16-13(14-3)15-4;/h7-9,11H,5-6,10H2,1-4H3,(H2,14,15,16);1H. The van der Waals surface area contributed by atoms with Crippen LogP contribution in [-0.2, 0) is 0 Å². The summed E-state index contributed by atoms with van der Waals surface area (Å²) in [6.07, 6.45) is 1.72. The normalized spacial score (nSPS) is 13.0. The van der Waals surface area contributed by atoms with Crippen LogP contribution in [0.5, 0.6) is 0 Å². The largest absolute Gasteiger partial charge is 0.468 e. The molecule has 2 N–H and O–H groups in total. The van der Waals surface area contributed by atoms with E-state index < -0.39 is 0 Å². The minimum absolute atomic E-state index is 0. The van der Waals surface area contributed by atoms with Crippen molar-refractivity contribution in [3.05, 3.63) is 24.2 Å². The van der Waals surface area contributed by atoms with Crippen molar-refractivity contribution in [3.63, 3.8) is 0 Å². The van der Waals surface area contributed by atoms with Crippen LogP contribution in [-0.4, -0.2) is 44.6 Å². The van der Waals surface area contributed by atoms with E-state index in [2.05, 4.69) is 34.4 Å². The fourth-order valence-corrected chi connectivity index (χ4v) is 2.03. The average molecular weight is 380 g/mol. The van der Waals surface area contributed by atoms with Crippen molar-refractivity contribution in [1.82, 2.24) is 15.5 Å². The molecule has 6 heteroatoms. The summed E-state index contributed by atoms with van der Waals surface area (Å²) < 4.78 is 5.54. The third-order valence-corrected chi connectivity index (χ3v) is 3.05. The monoisotopic (exact) mass is 380 g/mol. The summed E-state index contributed by atoms with van der Waals surface area (Å²) in [6, 6.07) is 4.17. The van der Waals surface area contributed by atoms with Gasteiger partial charge in [-0.2, -0.15) is 0 Å². The van der Waals surface area contributed by atoms with E-state index in [0.717, 1.165) is 31.4 Å². The summed E-state index contributed by atoms with van der Waals surface area (Å²) in [5.41, 5.74) is 0. The molecule has 1 unspecified atom stereocenters. The first-order chi connectivity index (χ1) is 8.76. The van der Waals surface area contributed by atoms with Crippen LogP contribution in [0.15, 0.2) is 27.8 Å². The number of aliphatic imine (C=N–C) groups is 1. The third kappa shape index (κ3) is 5.40. The van der Waals surface area contributed by atoms with Crippen molar-refractivity contribution in [2.24, 2.45) is 4.99 Å². The zero-order chi connectivity index (χ0) is 13.4. The van der Waals surface area contributed by atoms with E-state index in [9.17, 15) is 0 Å². The topological polar surface area (TPSA) is 52.8 Å². The molecule has 5 nitrogen and oxygen atoms in total. The van der Waals surface area contributed by atoms with E-state index in [0.29, 0.717) is 0 Å². The highest BCUT2D eigenvalue weighted by Gasteiger charge is 2.20. The lowest BCUT2D eigenvalue weighted by atomic mass is 10.2. The smallest absolute Gasteiger partial charge is 0.190 e. The molecule has 0 aliphatic rings. The van der Waals surface area contributed by atoms with E-state index in [1.54, 1.807) is 13.3 Å². The number of furan rings is 1. The molecule has 0 fully saturated rings. The van der Waals surface area contributed by atoms with Crippen LogP contribution in [0.25, 0.3) is 0 Å². The Labute approximate surface area is 132 Å². The Morgan fingerprint density at radius 2 is 2.11 bits per heavy atom. The van der Waals surface area contributed by atoms with Gasteiger partial charge in [0.05, 0.1) is 12.3 Å². The molecule has 0 saturated carbocycles. The minimum Gasteiger partial charge on any atom is -0.468 e. The van der Waals surface area contributed by atoms with Crippen LogP contribution in [0.2, 0.25) is 0 Å². The highest BCUT2D eigenvalue weighted by Crippen LogP contribution is 2.19. The van der Waals surface area contributed by atoms with E-state index in [1.165, 1.54) is 0 Å². The van der Waals surface area contributed by atoms with Crippen LogP contribution in [0, 0.1) is 0 Å². The predicted octanol–water partition coefficient (Wildman–Crippen LogP) is 2.08.